The molecule has 126 valence electrons. The van der Waals surface area contributed by atoms with E-state index >= 15 is 0 Å². The average Bonchev–Trinajstić information content (AvgIpc) is 2.64. The van der Waals surface area contributed by atoms with E-state index in [1.54, 1.807) is 0 Å². The lowest BCUT2D eigenvalue weighted by molar-refractivity contribution is 0.102. The summed E-state index contributed by atoms with van der Waals surface area (Å²) in [6.07, 6.45) is 0.787. The molecule has 3 rings (SSSR count). The van der Waals surface area contributed by atoms with E-state index in [-0.39, 0.29) is 5.91 Å². The maximum Gasteiger partial charge on any atom is 0.255 e. The fourth-order valence-electron chi connectivity index (χ4n) is 2.73. The van der Waals surface area contributed by atoms with Crippen molar-refractivity contribution in [2.24, 2.45) is 0 Å². The molecule has 0 aliphatic carbocycles. The van der Waals surface area contributed by atoms with Crippen LogP contribution in [0.4, 0.5) is 11.4 Å². The maximum atomic E-state index is 12.7. The first-order valence-electron chi connectivity index (χ1n) is 8.34. The molecule has 3 aromatic carbocycles. The SMILES string of the molecule is CN(C)c1cccc(C(=O)Nc2ccccc2Cc2ccccc2)c1. The third-order valence-electron chi connectivity index (χ3n) is 4.13. The van der Waals surface area contributed by atoms with E-state index in [0.717, 1.165) is 23.4 Å². The lowest BCUT2D eigenvalue weighted by Crippen LogP contribution is -2.15. The summed E-state index contributed by atoms with van der Waals surface area (Å²) in [4.78, 5) is 14.7. The Hall–Kier alpha value is -3.07. The molecule has 0 fully saturated rings. The van der Waals surface area contributed by atoms with Gasteiger partial charge < -0.3 is 10.2 Å². The zero-order valence-electron chi connectivity index (χ0n) is 14.6. The van der Waals surface area contributed by atoms with Gasteiger partial charge in [0.1, 0.15) is 0 Å². The summed E-state index contributed by atoms with van der Waals surface area (Å²) < 4.78 is 0. The van der Waals surface area contributed by atoms with Gasteiger partial charge in [-0.15, -0.1) is 0 Å². The Kier molecular flexibility index (Phi) is 5.14. The van der Waals surface area contributed by atoms with Crippen LogP contribution in [0.5, 0.6) is 0 Å². The van der Waals surface area contributed by atoms with E-state index in [9.17, 15) is 4.79 Å². The van der Waals surface area contributed by atoms with Crippen molar-refractivity contribution >= 4 is 17.3 Å². The fourth-order valence-corrected chi connectivity index (χ4v) is 2.73. The van der Waals surface area contributed by atoms with Crippen LogP contribution in [0, 0.1) is 0 Å². The molecule has 0 heterocycles. The van der Waals surface area contributed by atoms with Gasteiger partial charge >= 0.3 is 0 Å². The Labute approximate surface area is 148 Å². The molecule has 3 aromatic rings. The highest BCUT2D eigenvalue weighted by molar-refractivity contribution is 6.05. The standard InChI is InChI=1S/C22H22N2O/c1-24(2)20-13-8-12-19(16-20)22(25)23-21-14-7-6-11-18(21)15-17-9-4-3-5-10-17/h3-14,16H,15H2,1-2H3,(H,23,25). The zero-order valence-corrected chi connectivity index (χ0v) is 14.6. The molecular weight excluding hydrogens is 308 g/mol. The van der Waals surface area contributed by atoms with E-state index in [1.165, 1.54) is 5.56 Å². The summed E-state index contributed by atoms with van der Waals surface area (Å²) in [6.45, 7) is 0. The zero-order chi connectivity index (χ0) is 17.6. The number of nitrogens with one attached hydrogen (secondary N) is 1. The second-order valence-electron chi connectivity index (χ2n) is 6.22. The molecule has 3 nitrogen and oxygen atoms in total. The first kappa shape index (κ1) is 16.8. The third kappa shape index (κ3) is 4.27. The molecule has 1 N–H and O–H groups in total. The van der Waals surface area contributed by atoms with Gasteiger partial charge in [0.05, 0.1) is 0 Å². The second kappa shape index (κ2) is 7.67. The monoisotopic (exact) mass is 330 g/mol. The predicted molar refractivity (Wildman–Crippen MR) is 104 cm³/mol. The summed E-state index contributed by atoms with van der Waals surface area (Å²) in [7, 11) is 3.93. The third-order valence-corrected chi connectivity index (χ3v) is 4.13. The van der Waals surface area contributed by atoms with Crippen LogP contribution >= 0.6 is 0 Å². The van der Waals surface area contributed by atoms with Crippen LogP contribution in [0.25, 0.3) is 0 Å². The van der Waals surface area contributed by atoms with Gasteiger partial charge in [-0.1, -0.05) is 54.6 Å². The molecule has 0 radical (unpaired) electrons. The number of para-hydroxylation sites is 1. The highest BCUT2D eigenvalue weighted by Gasteiger charge is 2.10. The highest BCUT2D eigenvalue weighted by atomic mass is 16.1. The van der Waals surface area contributed by atoms with Gasteiger partial charge in [-0.25, -0.2) is 0 Å². The normalized spacial score (nSPS) is 10.3. The molecule has 0 atom stereocenters. The summed E-state index contributed by atoms with van der Waals surface area (Å²) in [6, 6.07) is 25.8. The fraction of sp³-hybridized carbons (Fsp3) is 0.136. The van der Waals surface area contributed by atoms with Crippen molar-refractivity contribution in [1.29, 1.82) is 0 Å². The summed E-state index contributed by atoms with van der Waals surface area (Å²) in [5, 5.41) is 3.06. The number of hydrogen-bond donors (Lipinski definition) is 1. The van der Waals surface area contributed by atoms with Crippen molar-refractivity contribution < 1.29 is 4.79 Å². The molecule has 0 aromatic heterocycles. The van der Waals surface area contributed by atoms with Crippen LogP contribution in [0.15, 0.2) is 78.9 Å². The number of rotatable bonds is 5. The number of carbonyl (C=O) groups is 1. The number of anilines is 2. The highest BCUT2D eigenvalue weighted by Crippen LogP contribution is 2.21. The smallest absolute Gasteiger partial charge is 0.255 e. The van der Waals surface area contributed by atoms with Gasteiger partial charge in [-0.05, 0) is 41.8 Å². The lowest BCUT2D eigenvalue weighted by Gasteiger charge is -2.14. The molecule has 0 unspecified atom stereocenters. The first-order chi connectivity index (χ1) is 12.1. The molecular formula is C22H22N2O. The molecule has 0 aliphatic heterocycles. The molecule has 1 amide bonds. The minimum absolute atomic E-state index is 0.0933. The van der Waals surface area contributed by atoms with Crippen LogP contribution in [0.3, 0.4) is 0 Å². The Morgan fingerprint density at radius 1 is 0.880 bits per heavy atom. The van der Waals surface area contributed by atoms with Crippen molar-refractivity contribution in [1.82, 2.24) is 0 Å². The van der Waals surface area contributed by atoms with Crippen LogP contribution < -0.4 is 10.2 Å². The van der Waals surface area contributed by atoms with E-state index < -0.39 is 0 Å². The van der Waals surface area contributed by atoms with Crippen molar-refractivity contribution in [3.05, 3.63) is 95.6 Å². The second-order valence-corrected chi connectivity index (χ2v) is 6.22. The number of benzene rings is 3. The van der Waals surface area contributed by atoms with E-state index in [4.69, 9.17) is 0 Å². The van der Waals surface area contributed by atoms with Crippen molar-refractivity contribution in [2.45, 2.75) is 6.42 Å². The molecule has 0 aliphatic rings. The van der Waals surface area contributed by atoms with Gasteiger partial charge in [-0.2, -0.15) is 0 Å². The lowest BCUT2D eigenvalue weighted by atomic mass is 10.0. The molecule has 25 heavy (non-hydrogen) atoms. The molecule has 3 heteroatoms. The first-order valence-corrected chi connectivity index (χ1v) is 8.34. The van der Waals surface area contributed by atoms with Crippen molar-refractivity contribution in [2.75, 3.05) is 24.3 Å². The van der Waals surface area contributed by atoms with Crippen molar-refractivity contribution in [3.63, 3.8) is 0 Å². The number of amides is 1. The van der Waals surface area contributed by atoms with Crippen molar-refractivity contribution in [3.8, 4) is 0 Å². The van der Waals surface area contributed by atoms with Gasteiger partial charge in [0.15, 0.2) is 0 Å². The molecule has 0 bridgehead atoms. The Morgan fingerprint density at radius 2 is 1.60 bits per heavy atom. The maximum absolute atomic E-state index is 12.7. The van der Waals surface area contributed by atoms with Gasteiger partial charge in [0, 0.05) is 31.0 Å². The van der Waals surface area contributed by atoms with Crippen LogP contribution in [-0.2, 0) is 6.42 Å². The Bertz CT molecular complexity index is 857. The summed E-state index contributed by atoms with van der Waals surface area (Å²) in [5.74, 6) is -0.0933. The number of carbonyl (C=O) groups excluding carboxylic acids is 1. The summed E-state index contributed by atoms with van der Waals surface area (Å²) >= 11 is 0. The Balaban J connectivity index is 1.81. The van der Waals surface area contributed by atoms with E-state index in [1.807, 2.05) is 79.7 Å². The summed E-state index contributed by atoms with van der Waals surface area (Å²) in [5.41, 5.74) is 4.84. The van der Waals surface area contributed by atoms with Crippen LogP contribution in [0.2, 0.25) is 0 Å². The van der Waals surface area contributed by atoms with Gasteiger partial charge in [0.2, 0.25) is 0 Å². The van der Waals surface area contributed by atoms with Crippen LogP contribution in [0.1, 0.15) is 21.5 Å². The minimum atomic E-state index is -0.0933. The Morgan fingerprint density at radius 3 is 2.36 bits per heavy atom. The molecule has 0 saturated carbocycles. The minimum Gasteiger partial charge on any atom is -0.378 e. The quantitative estimate of drug-likeness (QED) is 0.742. The topological polar surface area (TPSA) is 32.3 Å². The van der Waals surface area contributed by atoms with Gasteiger partial charge in [-0.3, -0.25) is 4.79 Å². The predicted octanol–water partition coefficient (Wildman–Crippen LogP) is 4.60. The van der Waals surface area contributed by atoms with E-state index in [0.29, 0.717) is 5.56 Å². The average molecular weight is 330 g/mol. The number of nitrogens with zero attached hydrogens (tertiary/aromatic N) is 1. The molecule has 0 saturated heterocycles. The van der Waals surface area contributed by atoms with Crippen LogP contribution in [-0.4, -0.2) is 20.0 Å². The van der Waals surface area contributed by atoms with Gasteiger partial charge in [0.25, 0.3) is 5.91 Å². The molecule has 0 spiro atoms. The van der Waals surface area contributed by atoms with E-state index in [2.05, 4.69) is 23.5 Å². The largest absolute Gasteiger partial charge is 0.378 e. The number of hydrogen-bond acceptors (Lipinski definition) is 2.